The Labute approximate surface area is 104 Å². The van der Waals surface area contributed by atoms with Crippen molar-refractivity contribution in [3.8, 4) is 0 Å². The second-order valence-corrected chi connectivity index (χ2v) is 4.90. The second kappa shape index (κ2) is 7.67. The molecule has 0 aromatic heterocycles. The summed E-state index contributed by atoms with van der Waals surface area (Å²) in [6.07, 6.45) is 7.87. The van der Waals surface area contributed by atoms with Crippen LogP contribution >= 0.6 is 0 Å². The van der Waals surface area contributed by atoms with Crippen molar-refractivity contribution in [2.24, 2.45) is 5.73 Å². The number of primary amides is 1. The zero-order valence-electron chi connectivity index (χ0n) is 10.7. The quantitative estimate of drug-likeness (QED) is 0.453. The highest BCUT2D eigenvalue weighted by Gasteiger charge is 2.48. The summed E-state index contributed by atoms with van der Waals surface area (Å²) in [5.74, 6) is -0.464. The van der Waals surface area contributed by atoms with Crippen LogP contribution in [0.2, 0.25) is 0 Å². The van der Waals surface area contributed by atoms with Crippen molar-refractivity contribution in [2.75, 3.05) is 0 Å². The lowest BCUT2D eigenvalue weighted by Gasteiger charge is -2.06. The highest BCUT2D eigenvalue weighted by Crippen LogP contribution is 2.27. The van der Waals surface area contributed by atoms with E-state index in [1.54, 1.807) is 0 Å². The molecule has 1 rings (SSSR count). The van der Waals surface area contributed by atoms with Crippen LogP contribution in [0.3, 0.4) is 0 Å². The third kappa shape index (κ3) is 5.50. The number of epoxide rings is 1. The Morgan fingerprint density at radius 2 is 1.82 bits per heavy atom. The molecule has 0 aliphatic carbocycles. The van der Waals surface area contributed by atoms with E-state index in [4.69, 9.17) is 10.5 Å². The normalized spacial score (nSPS) is 24.6. The number of unbranched alkanes of at least 4 members (excludes halogenated alkanes) is 6. The summed E-state index contributed by atoms with van der Waals surface area (Å²) in [6.45, 7) is 2.21. The fourth-order valence-corrected chi connectivity index (χ4v) is 2.12. The van der Waals surface area contributed by atoms with Crippen molar-refractivity contribution in [3.05, 3.63) is 0 Å². The van der Waals surface area contributed by atoms with Gasteiger partial charge in [-0.3, -0.25) is 4.79 Å². The predicted molar refractivity (Wildman–Crippen MR) is 66.5 cm³/mol. The largest absolute Gasteiger partial charge is 0.390 e. The fourth-order valence-electron chi connectivity index (χ4n) is 2.12. The number of amides is 1. The molecule has 4 heteroatoms. The van der Waals surface area contributed by atoms with Crippen LogP contribution in [0.4, 0.5) is 0 Å². The maximum atomic E-state index is 10.7. The van der Waals surface area contributed by atoms with E-state index in [-0.39, 0.29) is 6.10 Å². The summed E-state index contributed by atoms with van der Waals surface area (Å²) in [5, 5.41) is 9.72. The van der Waals surface area contributed by atoms with E-state index in [1.807, 2.05) is 0 Å². The number of aliphatic hydroxyl groups is 1. The van der Waals surface area contributed by atoms with Gasteiger partial charge in [-0.25, -0.2) is 0 Å². The first-order valence-electron chi connectivity index (χ1n) is 6.79. The zero-order valence-corrected chi connectivity index (χ0v) is 10.7. The van der Waals surface area contributed by atoms with Gasteiger partial charge in [0.25, 0.3) is 0 Å². The van der Waals surface area contributed by atoms with Crippen molar-refractivity contribution in [3.63, 3.8) is 0 Å². The van der Waals surface area contributed by atoms with Crippen molar-refractivity contribution >= 4 is 5.91 Å². The molecule has 0 unspecified atom stereocenters. The van der Waals surface area contributed by atoms with E-state index in [9.17, 15) is 9.90 Å². The molecule has 1 amide bonds. The van der Waals surface area contributed by atoms with Gasteiger partial charge < -0.3 is 15.6 Å². The first kappa shape index (κ1) is 14.5. The van der Waals surface area contributed by atoms with Gasteiger partial charge >= 0.3 is 0 Å². The third-order valence-corrected chi connectivity index (χ3v) is 3.29. The standard InChI is InChI=1S/C13H25NO3/c1-2-3-4-5-6-7-8-9-10(15)11-12(17-11)13(14)16/h10-12,15H,2-9H2,1H3,(H2,14,16)/t10-,11-,12-/m1/s1. The first-order chi connectivity index (χ1) is 8.16. The molecule has 1 aliphatic heterocycles. The maximum absolute atomic E-state index is 10.7. The highest BCUT2D eigenvalue weighted by atomic mass is 16.6. The molecule has 1 aliphatic rings. The van der Waals surface area contributed by atoms with Crippen LogP contribution in [-0.4, -0.2) is 29.3 Å². The van der Waals surface area contributed by atoms with Gasteiger partial charge in [0.15, 0.2) is 6.10 Å². The lowest BCUT2D eigenvalue weighted by molar-refractivity contribution is -0.119. The summed E-state index contributed by atoms with van der Waals surface area (Å²) in [4.78, 5) is 10.7. The molecule has 100 valence electrons. The lowest BCUT2D eigenvalue weighted by atomic mass is 10.0. The fraction of sp³-hybridized carbons (Fsp3) is 0.923. The van der Waals surface area contributed by atoms with E-state index in [1.165, 1.54) is 32.1 Å². The Bertz CT molecular complexity index is 233. The molecule has 17 heavy (non-hydrogen) atoms. The van der Waals surface area contributed by atoms with E-state index in [0.717, 1.165) is 12.8 Å². The third-order valence-electron chi connectivity index (χ3n) is 3.29. The maximum Gasteiger partial charge on any atom is 0.249 e. The molecule has 0 saturated carbocycles. The number of rotatable bonds is 10. The summed E-state index contributed by atoms with van der Waals surface area (Å²) >= 11 is 0. The van der Waals surface area contributed by atoms with E-state index in [2.05, 4.69) is 6.92 Å². The van der Waals surface area contributed by atoms with Gasteiger partial charge in [0.2, 0.25) is 5.91 Å². The monoisotopic (exact) mass is 243 g/mol. The molecule has 0 bridgehead atoms. The molecule has 4 nitrogen and oxygen atoms in total. The minimum atomic E-state index is -0.547. The summed E-state index contributed by atoms with van der Waals surface area (Å²) in [7, 11) is 0. The molecule has 0 aromatic rings. The lowest BCUT2D eigenvalue weighted by Crippen LogP contribution is -2.25. The Morgan fingerprint density at radius 1 is 1.24 bits per heavy atom. The SMILES string of the molecule is CCCCCCCCC[C@@H](O)[C@H]1O[C@H]1C(N)=O. The Morgan fingerprint density at radius 3 is 2.35 bits per heavy atom. The number of carbonyl (C=O) groups excluding carboxylic acids is 1. The summed E-state index contributed by atoms with van der Waals surface area (Å²) < 4.78 is 5.03. The molecular formula is C13H25NO3. The number of carbonyl (C=O) groups is 1. The molecule has 1 fully saturated rings. The van der Waals surface area contributed by atoms with Gasteiger partial charge in [-0.15, -0.1) is 0 Å². The van der Waals surface area contributed by atoms with E-state index >= 15 is 0 Å². The van der Waals surface area contributed by atoms with Crippen LogP contribution < -0.4 is 5.73 Å². The molecule has 1 heterocycles. The van der Waals surface area contributed by atoms with Crippen molar-refractivity contribution in [2.45, 2.75) is 76.6 Å². The smallest absolute Gasteiger partial charge is 0.249 e. The van der Waals surface area contributed by atoms with Crippen molar-refractivity contribution < 1.29 is 14.6 Å². The minimum absolute atomic E-state index is 0.340. The average Bonchev–Trinajstić information content (AvgIpc) is 3.07. The Kier molecular flexibility index (Phi) is 6.52. The van der Waals surface area contributed by atoms with Gasteiger partial charge in [-0.1, -0.05) is 51.9 Å². The topological polar surface area (TPSA) is 75.8 Å². The average molecular weight is 243 g/mol. The molecule has 1 saturated heterocycles. The Balaban J connectivity index is 1.91. The van der Waals surface area contributed by atoms with Crippen molar-refractivity contribution in [1.82, 2.24) is 0 Å². The number of hydrogen-bond acceptors (Lipinski definition) is 3. The minimum Gasteiger partial charge on any atom is -0.390 e. The second-order valence-electron chi connectivity index (χ2n) is 4.90. The first-order valence-corrected chi connectivity index (χ1v) is 6.79. The molecule has 0 spiro atoms. The van der Waals surface area contributed by atoms with Gasteiger partial charge in [-0.2, -0.15) is 0 Å². The van der Waals surface area contributed by atoms with E-state index in [0.29, 0.717) is 6.42 Å². The molecular weight excluding hydrogens is 218 g/mol. The van der Waals surface area contributed by atoms with Crippen LogP contribution in [0.15, 0.2) is 0 Å². The number of nitrogens with two attached hydrogens (primary N) is 1. The highest BCUT2D eigenvalue weighted by molar-refractivity contribution is 5.81. The zero-order chi connectivity index (χ0) is 12.7. The van der Waals surface area contributed by atoms with Crippen LogP contribution in [-0.2, 0) is 9.53 Å². The van der Waals surface area contributed by atoms with Gasteiger partial charge in [0.1, 0.15) is 6.10 Å². The van der Waals surface area contributed by atoms with Crippen LogP contribution in [0.25, 0.3) is 0 Å². The molecule has 0 aromatic carbocycles. The van der Waals surface area contributed by atoms with Gasteiger partial charge in [0, 0.05) is 0 Å². The molecule has 3 N–H and O–H groups in total. The van der Waals surface area contributed by atoms with Crippen LogP contribution in [0, 0.1) is 0 Å². The number of aliphatic hydroxyl groups excluding tert-OH is 1. The van der Waals surface area contributed by atoms with Crippen LogP contribution in [0.1, 0.15) is 58.3 Å². The van der Waals surface area contributed by atoms with E-state index < -0.39 is 18.1 Å². The molecule has 0 radical (unpaired) electrons. The predicted octanol–water partition coefficient (Wildman–Crippen LogP) is 1.74. The molecule has 3 atom stereocenters. The van der Waals surface area contributed by atoms with Gasteiger partial charge in [0.05, 0.1) is 6.10 Å². The number of ether oxygens (including phenoxy) is 1. The summed E-state index contributed by atoms with van der Waals surface area (Å²) in [5.41, 5.74) is 5.07. The van der Waals surface area contributed by atoms with Crippen molar-refractivity contribution in [1.29, 1.82) is 0 Å². The Hall–Kier alpha value is -0.610. The van der Waals surface area contributed by atoms with Crippen LogP contribution in [0.5, 0.6) is 0 Å². The summed E-state index contributed by atoms with van der Waals surface area (Å²) in [6, 6.07) is 0. The number of hydrogen-bond donors (Lipinski definition) is 2. The van der Waals surface area contributed by atoms with Gasteiger partial charge in [-0.05, 0) is 6.42 Å².